The highest BCUT2D eigenvalue weighted by Gasteiger charge is 2.36. The van der Waals surface area contributed by atoms with Gasteiger partial charge in [0.25, 0.3) is 5.66 Å². The van der Waals surface area contributed by atoms with Crippen molar-refractivity contribution in [3.8, 4) is 5.75 Å². The fraction of sp³-hybridized carbons (Fsp3) is 0.200. The van der Waals surface area contributed by atoms with Crippen molar-refractivity contribution in [2.75, 3.05) is 7.11 Å². The minimum atomic E-state index is -1.51. The Morgan fingerprint density at radius 3 is 2.65 bits per heavy atom. The Bertz CT molecular complexity index is 588. The Balaban J connectivity index is 2.09. The zero-order valence-electron chi connectivity index (χ0n) is 11.2. The highest BCUT2D eigenvalue weighted by Crippen LogP contribution is 2.23. The van der Waals surface area contributed by atoms with E-state index in [1.807, 2.05) is 42.5 Å². The lowest BCUT2D eigenvalue weighted by atomic mass is 9.95. The lowest BCUT2D eigenvalue weighted by Crippen LogP contribution is -2.46. The second kappa shape index (κ2) is 5.71. The lowest BCUT2D eigenvalue weighted by Gasteiger charge is -2.19. The van der Waals surface area contributed by atoms with Crippen LogP contribution in [-0.4, -0.2) is 17.7 Å². The molecule has 104 valence electrons. The van der Waals surface area contributed by atoms with Crippen LogP contribution in [-0.2, 0) is 0 Å². The summed E-state index contributed by atoms with van der Waals surface area (Å²) >= 11 is 0. The molecule has 0 spiro atoms. The Kier molecular flexibility index (Phi) is 4.00. The maximum atomic E-state index is 10.9. The summed E-state index contributed by atoms with van der Waals surface area (Å²) in [5.41, 5.74) is 6.03. The molecule has 0 saturated heterocycles. The lowest BCUT2D eigenvalue weighted by molar-refractivity contribution is -0.553. The van der Waals surface area contributed by atoms with Gasteiger partial charge in [-0.25, -0.2) is 0 Å². The summed E-state index contributed by atoms with van der Waals surface area (Å²) in [6, 6.07) is 7.55. The Labute approximate surface area is 117 Å². The summed E-state index contributed by atoms with van der Waals surface area (Å²) in [6.45, 7) is 0. The third-order valence-corrected chi connectivity index (χ3v) is 3.13. The number of methoxy groups -OCH3 is 1. The molecule has 20 heavy (non-hydrogen) atoms. The molecule has 0 saturated carbocycles. The molecule has 1 unspecified atom stereocenters. The molecule has 0 aliphatic heterocycles. The third kappa shape index (κ3) is 3.13. The largest absolute Gasteiger partial charge is 0.497 e. The van der Waals surface area contributed by atoms with Crippen molar-refractivity contribution in [2.24, 2.45) is 5.73 Å². The van der Waals surface area contributed by atoms with Gasteiger partial charge < -0.3 is 4.74 Å². The molecule has 0 radical (unpaired) electrons. The molecule has 1 aliphatic rings. The summed E-state index contributed by atoms with van der Waals surface area (Å²) in [4.78, 5) is 10.5. The van der Waals surface area contributed by atoms with Crippen molar-refractivity contribution in [3.05, 3.63) is 69.8 Å². The molecule has 0 fully saturated rings. The fourth-order valence-corrected chi connectivity index (χ4v) is 1.94. The van der Waals surface area contributed by atoms with E-state index >= 15 is 0 Å². The first-order valence-electron chi connectivity index (χ1n) is 6.17. The summed E-state index contributed by atoms with van der Waals surface area (Å²) < 4.78 is 5.08. The molecule has 5 nitrogen and oxygen atoms in total. The van der Waals surface area contributed by atoms with Gasteiger partial charge in [0.1, 0.15) is 5.75 Å². The van der Waals surface area contributed by atoms with Crippen molar-refractivity contribution in [2.45, 2.75) is 12.1 Å². The standard InChI is InChI=1S/C15H16N2O3/c1-20-14-8-6-12(7-9-14)4-5-13-3-2-10-15(16,11-13)17(18)19/h2-10H,11,16H2,1H3/b5-4+. The van der Waals surface area contributed by atoms with Crippen LogP contribution in [0.1, 0.15) is 12.0 Å². The van der Waals surface area contributed by atoms with Gasteiger partial charge in [-0.15, -0.1) is 0 Å². The van der Waals surface area contributed by atoms with Crippen molar-refractivity contribution in [1.29, 1.82) is 0 Å². The number of benzene rings is 1. The zero-order valence-corrected chi connectivity index (χ0v) is 11.2. The van der Waals surface area contributed by atoms with E-state index in [0.29, 0.717) is 0 Å². The maximum Gasteiger partial charge on any atom is 0.295 e. The van der Waals surface area contributed by atoms with Crippen molar-refractivity contribution in [3.63, 3.8) is 0 Å². The van der Waals surface area contributed by atoms with Crippen LogP contribution in [0.5, 0.6) is 5.75 Å². The van der Waals surface area contributed by atoms with Gasteiger partial charge in [-0.3, -0.25) is 15.8 Å². The highest BCUT2D eigenvalue weighted by molar-refractivity contribution is 5.54. The second-order valence-corrected chi connectivity index (χ2v) is 4.63. The number of hydrogen-bond donors (Lipinski definition) is 1. The Morgan fingerprint density at radius 1 is 1.35 bits per heavy atom. The van der Waals surface area contributed by atoms with Gasteiger partial charge in [0.2, 0.25) is 0 Å². The Hall–Kier alpha value is -2.40. The van der Waals surface area contributed by atoms with E-state index in [1.165, 1.54) is 6.08 Å². The van der Waals surface area contributed by atoms with Crippen LogP contribution in [0.2, 0.25) is 0 Å². The van der Waals surface area contributed by atoms with Gasteiger partial charge in [0, 0.05) is 11.0 Å². The number of nitro groups is 1. The summed E-state index contributed by atoms with van der Waals surface area (Å²) in [5, 5.41) is 10.9. The van der Waals surface area contributed by atoms with E-state index in [1.54, 1.807) is 13.2 Å². The van der Waals surface area contributed by atoms with E-state index in [9.17, 15) is 10.1 Å². The molecule has 1 atom stereocenters. The van der Waals surface area contributed by atoms with Gasteiger partial charge in [-0.1, -0.05) is 36.4 Å². The maximum absolute atomic E-state index is 10.9. The molecule has 2 rings (SSSR count). The van der Waals surface area contributed by atoms with Crippen LogP contribution >= 0.6 is 0 Å². The first-order valence-corrected chi connectivity index (χ1v) is 6.17. The summed E-state index contributed by atoms with van der Waals surface area (Å²) in [5.74, 6) is 0.788. The highest BCUT2D eigenvalue weighted by atomic mass is 16.6. The van der Waals surface area contributed by atoms with Crippen LogP contribution in [0.3, 0.4) is 0 Å². The number of nitrogens with two attached hydrogens (primary N) is 1. The molecular weight excluding hydrogens is 256 g/mol. The van der Waals surface area contributed by atoms with E-state index in [0.717, 1.165) is 16.9 Å². The van der Waals surface area contributed by atoms with Crippen LogP contribution in [0.25, 0.3) is 6.08 Å². The topological polar surface area (TPSA) is 78.4 Å². The molecule has 1 aromatic rings. The number of allylic oxidation sites excluding steroid dienone is 3. The SMILES string of the molecule is COc1ccc(/C=C/C2=CC=CC(N)([N+](=O)[O-])C2)cc1. The van der Waals surface area contributed by atoms with Gasteiger partial charge in [0.05, 0.1) is 13.5 Å². The molecule has 2 N–H and O–H groups in total. The quantitative estimate of drug-likeness (QED) is 0.519. The average Bonchev–Trinajstić information content (AvgIpc) is 2.46. The number of hydrogen-bond acceptors (Lipinski definition) is 4. The minimum Gasteiger partial charge on any atom is -0.497 e. The molecule has 0 bridgehead atoms. The predicted molar refractivity (Wildman–Crippen MR) is 77.8 cm³/mol. The van der Waals surface area contributed by atoms with Crippen LogP contribution in [0.4, 0.5) is 0 Å². The first-order chi connectivity index (χ1) is 9.53. The van der Waals surface area contributed by atoms with Crippen LogP contribution in [0, 0.1) is 10.1 Å². The molecule has 1 aromatic carbocycles. The summed E-state index contributed by atoms with van der Waals surface area (Å²) in [6.07, 6.45) is 8.79. The van der Waals surface area contributed by atoms with Crippen molar-refractivity contribution in [1.82, 2.24) is 0 Å². The van der Waals surface area contributed by atoms with Crippen LogP contribution in [0.15, 0.2) is 54.1 Å². The zero-order chi connectivity index (χ0) is 14.6. The smallest absolute Gasteiger partial charge is 0.295 e. The predicted octanol–water partition coefficient (Wildman–Crippen LogP) is 2.53. The van der Waals surface area contributed by atoms with Crippen molar-refractivity contribution < 1.29 is 9.66 Å². The monoisotopic (exact) mass is 272 g/mol. The van der Waals surface area contributed by atoms with Gasteiger partial charge in [-0.2, -0.15) is 0 Å². The third-order valence-electron chi connectivity index (χ3n) is 3.13. The van der Waals surface area contributed by atoms with E-state index in [-0.39, 0.29) is 6.42 Å². The van der Waals surface area contributed by atoms with E-state index in [4.69, 9.17) is 10.5 Å². The Morgan fingerprint density at radius 2 is 2.05 bits per heavy atom. The minimum absolute atomic E-state index is 0.184. The fourth-order valence-electron chi connectivity index (χ4n) is 1.94. The van der Waals surface area contributed by atoms with Gasteiger partial charge >= 0.3 is 0 Å². The molecular formula is C15H16N2O3. The number of nitrogens with zero attached hydrogens (tertiary/aromatic N) is 1. The second-order valence-electron chi connectivity index (χ2n) is 4.63. The van der Waals surface area contributed by atoms with E-state index in [2.05, 4.69) is 0 Å². The van der Waals surface area contributed by atoms with Gasteiger partial charge in [-0.05, 0) is 23.3 Å². The van der Waals surface area contributed by atoms with Crippen molar-refractivity contribution >= 4 is 6.08 Å². The molecule has 5 heteroatoms. The van der Waals surface area contributed by atoms with E-state index < -0.39 is 10.6 Å². The van der Waals surface area contributed by atoms with Gasteiger partial charge in [0.15, 0.2) is 0 Å². The normalized spacial score (nSPS) is 21.8. The first kappa shape index (κ1) is 14.0. The molecule has 0 amide bonds. The number of ether oxygens (including phenoxy) is 1. The summed E-state index contributed by atoms with van der Waals surface area (Å²) in [7, 11) is 1.61. The molecule has 1 aliphatic carbocycles. The molecule has 0 aromatic heterocycles. The van der Waals surface area contributed by atoms with Crippen LogP contribution < -0.4 is 10.5 Å². The average molecular weight is 272 g/mol. The number of rotatable bonds is 4. The molecule has 0 heterocycles.